The molecule has 1 nitrogen and oxygen atoms in total. The molecular weight excluding hydrogens is 320 g/mol. The van der Waals surface area contributed by atoms with E-state index in [0.29, 0.717) is 6.42 Å². The smallest absolute Gasteiger partial charge is 0.177 e. The van der Waals surface area contributed by atoms with Crippen molar-refractivity contribution in [1.29, 1.82) is 0 Å². The summed E-state index contributed by atoms with van der Waals surface area (Å²) in [4.78, 5) is 14.3. The predicted molar refractivity (Wildman–Crippen MR) is 85.2 cm³/mol. The molecule has 0 saturated heterocycles. The Kier molecular flexibility index (Phi) is 4.26. The molecule has 0 aliphatic rings. The highest BCUT2D eigenvalue weighted by molar-refractivity contribution is 9.10. The van der Waals surface area contributed by atoms with Crippen molar-refractivity contribution in [2.75, 3.05) is 0 Å². The number of thiophene rings is 1. The Bertz CT molecular complexity index is 576. The molecular formula is C16H17BrOS. The van der Waals surface area contributed by atoms with E-state index in [-0.39, 0.29) is 11.2 Å². The molecule has 0 amide bonds. The summed E-state index contributed by atoms with van der Waals surface area (Å²) in [5, 5.41) is 0. The SMILES string of the molecule is CC(C)(C)c1ccc(C(=O)Cc2ccc(Br)cc2)s1. The van der Waals surface area contributed by atoms with E-state index in [2.05, 4.69) is 42.8 Å². The van der Waals surface area contributed by atoms with Gasteiger partial charge in [-0.05, 0) is 35.2 Å². The third-order valence-electron chi connectivity index (χ3n) is 2.90. The van der Waals surface area contributed by atoms with Crippen molar-refractivity contribution in [2.24, 2.45) is 0 Å². The van der Waals surface area contributed by atoms with E-state index in [0.717, 1.165) is 14.9 Å². The van der Waals surface area contributed by atoms with Crippen molar-refractivity contribution >= 4 is 33.0 Å². The van der Waals surface area contributed by atoms with Crippen LogP contribution in [0.2, 0.25) is 0 Å². The third kappa shape index (κ3) is 3.77. The zero-order chi connectivity index (χ0) is 14.0. The van der Waals surface area contributed by atoms with Gasteiger partial charge in [0, 0.05) is 15.8 Å². The zero-order valence-corrected chi connectivity index (χ0v) is 13.8. The molecule has 0 radical (unpaired) electrons. The van der Waals surface area contributed by atoms with Crippen LogP contribution in [0.3, 0.4) is 0 Å². The first-order chi connectivity index (χ1) is 8.86. The maximum absolute atomic E-state index is 12.2. The standard InChI is InChI=1S/C16H17BrOS/c1-16(2,3)15-9-8-14(19-15)13(18)10-11-4-6-12(17)7-5-11/h4-9H,10H2,1-3H3. The monoisotopic (exact) mass is 336 g/mol. The number of ketones is 1. The molecule has 0 N–H and O–H groups in total. The van der Waals surface area contributed by atoms with Gasteiger partial charge < -0.3 is 0 Å². The second kappa shape index (κ2) is 5.59. The lowest BCUT2D eigenvalue weighted by atomic mass is 9.95. The van der Waals surface area contributed by atoms with Crippen LogP contribution in [0.4, 0.5) is 0 Å². The number of halogens is 1. The first kappa shape index (κ1) is 14.5. The summed E-state index contributed by atoms with van der Waals surface area (Å²) in [5.74, 6) is 0.197. The van der Waals surface area contributed by atoms with Gasteiger partial charge in [-0.3, -0.25) is 4.79 Å². The Morgan fingerprint density at radius 1 is 1.11 bits per heavy atom. The van der Waals surface area contributed by atoms with Crippen molar-refractivity contribution in [3.05, 3.63) is 56.2 Å². The van der Waals surface area contributed by atoms with Gasteiger partial charge >= 0.3 is 0 Å². The number of rotatable bonds is 3. The maximum atomic E-state index is 12.2. The fourth-order valence-corrected chi connectivity index (χ4v) is 3.03. The molecule has 2 aromatic rings. The van der Waals surface area contributed by atoms with Crippen molar-refractivity contribution in [1.82, 2.24) is 0 Å². The number of hydrogen-bond donors (Lipinski definition) is 0. The van der Waals surface area contributed by atoms with E-state index in [1.165, 1.54) is 4.88 Å². The van der Waals surface area contributed by atoms with Gasteiger partial charge in [0.25, 0.3) is 0 Å². The molecule has 19 heavy (non-hydrogen) atoms. The van der Waals surface area contributed by atoms with E-state index in [1.807, 2.05) is 30.3 Å². The minimum absolute atomic E-state index is 0.112. The first-order valence-electron chi connectivity index (χ1n) is 6.24. The molecule has 0 spiro atoms. The molecule has 1 heterocycles. The van der Waals surface area contributed by atoms with Crippen LogP contribution in [0, 0.1) is 0 Å². The van der Waals surface area contributed by atoms with Crippen LogP contribution in [-0.4, -0.2) is 5.78 Å². The molecule has 0 aliphatic carbocycles. The van der Waals surface area contributed by atoms with Crippen LogP contribution in [0.1, 0.15) is 40.9 Å². The van der Waals surface area contributed by atoms with Crippen LogP contribution in [-0.2, 0) is 11.8 Å². The Hall–Kier alpha value is -0.930. The Morgan fingerprint density at radius 3 is 2.26 bits per heavy atom. The second-order valence-corrected chi connectivity index (χ2v) is 7.64. The average Bonchev–Trinajstić information content (AvgIpc) is 2.81. The highest BCUT2D eigenvalue weighted by atomic mass is 79.9. The minimum Gasteiger partial charge on any atom is -0.293 e. The third-order valence-corrected chi connectivity index (χ3v) is 4.98. The number of hydrogen-bond acceptors (Lipinski definition) is 2. The summed E-state index contributed by atoms with van der Waals surface area (Å²) in [6, 6.07) is 11.9. The molecule has 0 saturated carbocycles. The molecule has 3 heteroatoms. The summed E-state index contributed by atoms with van der Waals surface area (Å²) in [6.45, 7) is 6.51. The summed E-state index contributed by atoms with van der Waals surface area (Å²) in [5.41, 5.74) is 1.17. The highest BCUT2D eigenvalue weighted by Crippen LogP contribution is 2.30. The topological polar surface area (TPSA) is 17.1 Å². The quantitative estimate of drug-likeness (QED) is 0.701. The van der Waals surface area contributed by atoms with Crippen molar-refractivity contribution in [3.8, 4) is 0 Å². The van der Waals surface area contributed by atoms with Crippen molar-refractivity contribution < 1.29 is 4.79 Å². The van der Waals surface area contributed by atoms with E-state index in [4.69, 9.17) is 0 Å². The molecule has 1 aromatic heterocycles. The zero-order valence-electron chi connectivity index (χ0n) is 11.4. The summed E-state index contributed by atoms with van der Waals surface area (Å²) in [6.07, 6.45) is 0.470. The van der Waals surface area contributed by atoms with E-state index in [1.54, 1.807) is 11.3 Å². The molecule has 0 bridgehead atoms. The first-order valence-corrected chi connectivity index (χ1v) is 7.85. The normalized spacial score (nSPS) is 11.6. The minimum atomic E-state index is 0.112. The van der Waals surface area contributed by atoms with Crippen molar-refractivity contribution in [2.45, 2.75) is 32.6 Å². The highest BCUT2D eigenvalue weighted by Gasteiger charge is 2.18. The largest absolute Gasteiger partial charge is 0.293 e. The number of benzene rings is 1. The molecule has 0 unspecified atom stereocenters. The molecule has 100 valence electrons. The Labute approximate surface area is 126 Å². The number of Topliss-reactive ketones (excluding diaryl/α,β-unsaturated/α-hetero) is 1. The number of carbonyl (C=O) groups is 1. The predicted octanol–water partition coefficient (Wildman–Crippen LogP) is 5.23. The lowest BCUT2D eigenvalue weighted by molar-refractivity contribution is 0.0997. The number of carbonyl (C=O) groups excluding carboxylic acids is 1. The van der Waals surface area contributed by atoms with E-state index in [9.17, 15) is 4.79 Å². The van der Waals surface area contributed by atoms with Crippen LogP contribution in [0.25, 0.3) is 0 Å². The van der Waals surface area contributed by atoms with Crippen molar-refractivity contribution in [3.63, 3.8) is 0 Å². The van der Waals surface area contributed by atoms with E-state index >= 15 is 0 Å². The summed E-state index contributed by atoms with van der Waals surface area (Å²) >= 11 is 5.01. The summed E-state index contributed by atoms with van der Waals surface area (Å²) < 4.78 is 1.04. The van der Waals surface area contributed by atoms with Gasteiger partial charge in [0.05, 0.1) is 4.88 Å². The second-order valence-electron chi connectivity index (χ2n) is 5.64. The van der Waals surface area contributed by atoms with Gasteiger partial charge in [-0.15, -0.1) is 11.3 Å². The Morgan fingerprint density at radius 2 is 1.74 bits per heavy atom. The van der Waals surface area contributed by atoms with Gasteiger partial charge in [-0.25, -0.2) is 0 Å². The van der Waals surface area contributed by atoms with Crippen LogP contribution in [0.15, 0.2) is 40.9 Å². The fraction of sp³-hybridized carbons (Fsp3) is 0.312. The molecule has 2 rings (SSSR count). The maximum Gasteiger partial charge on any atom is 0.177 e. The molecule has 0 aliphatic heterocycles. The molecule has 1 aromatic carbocycles. The van der Waals surface area contributed by atoms with Crippen LogP contribution >= 0.6 is 27.3 Å². The fourth-order valence-electron chi connectivity index (χ4n) is 1.77. The van der Waals surface area contributed by atoms with Gasteiger partial charge in [0.1, 0.15) is 0 Å². The average molecular weight is 337 g/mol. The van der Waals surface area contributed by atoms with Gasteiger partial charge in [-0.2, -0.15) is 0 Å². The molecule has 0 fully saturated rings. The summed E-state index contributed by atoms with van der Waals surface area (Å²) in [7, 11) is 0. The molecule has 0 atom stereocenters. The Balaban J connectivity index is 2.12. The van der Waals surface area contributed by atoms with Gasteiger partial charge in [-0.1, -0.05) is 48.8 Å². The van der Waals surface area contributed by atoms with Crippen LogP contribution < -0.4 is 0 Å². The van der Waals surface area contributed by atoms with Gasteiger partial charge in [0.2, 0.25) is 0 Å². The lowest BCUT2D eigenvalue weighted by Gasteiger charge is -2.15. The van der Waals surface area contributed by atoms with Crippen LogP contribution in [0.5, 0.6) is 0 Å². The lowest BCUT2D eigenvalue weighted by Crippen LogP contribution is -2.08. The van der Waals surface area contributed by atoms with Gasteiger partial charge in [0.15, 0.2) is 5.78 Å². The van der Waals surface area contributed by atoms with E-state index < -0.39 is 0 Å².